The minimum Gasteiger partial charge on any atom is -0.480 e. The minimum atomic E-state index is -1.08. The van der Waals surface area contributed by atoms with Crippen LogP contribution in [-0.4, -0.2) is 59.4 Å². The number of likely N-dealkylation sites (N-methyl/N-ethyl adjacent to an activating group) is 1. The highest BCUT2D eigenvalue weighted by Gasteiger charge is 2.22. The Hall–Kier alpha value is -2.31. The highest BCUT2D eigenvalue weighted by atomic mass is 16.4. The molecule has 0 bridgehead atoms. The second-order valence-corrected chi connectivity index (χ2v) is 5.20. The summed E-state index contributed by atoms with van der Waals surface area (Å²) in [4.78, 5) is 37.3. The molecule has 0 radical (unpaired) electrons. The van der Waals surface area contributed by atoms with Gasteiger partial charge < -0.3 is 19.3 Å². The third kappa shape index (κ3) is 5.29. The third-order valence-corrected chi connectivity index (χ3v) is 2.72. The summed E-state index contributed by atoms with van der Waals surface area (Å²) in [5.41, 5.74) is 0. The summed E-state index contributed by atoms with van der Waals surface area (Å²) < 4.78 is 4.98. The average molecular weight is 296 g/mol. The van der Waals surface area contributed by atoms with E-state index in [-0.39, 0.29) is 24.8 Å². The number of furan rings is 1. The number of carbonyl (C=O) groups is 3. The van der Waals surface area contributed by atoms with E-state index in [0.717, 1.165) is 0 Å². The molecule has 1 N–H and O–H groups in total. The molecule has 1 heterocycles. The Balaban J connectivity index is 2.67. The largest absolute Gasteiger partial charge is 0.480 e. The Bertz CT molecular complexity index is 495. The van der Waals surface area contributed by atoms with E-state index in [1.165, 1.54) is 29.2 Å². The molecule has 21 heavy (non-hydrogen) atoms. The molecule has 116 valence electrons. The fraction of sp³-hybridized carbons (Fsp3) is 0.500. The quantitative estimate of drug-likeness (QED) is 0.808. The first-order valence-electron chi connectivity index (χ1n) is 6.59. The first-order chi connectivity index (χ1) is 9.81. The molecular weight excluding hydrogens is 276 g/mol. The number of hydrogen-bond donors (Lipinski definition) is 1. The highest BCUT2D eigenvalue weighted by molar-refractivity contribution is 5.94. The Morgan fingerprint density at radius 2 is 1.95 bits per heavy atom. The lowest BCUT2D eigenvalue weighted by atomic mass is 10.2. The summed E-state index contributed by atoms with van der Waals surface area (Å²) in [7, 11) is 1.47. The zero-order chi connectivity index (χ0) is 16.0. The van der Waals surface area contributed by atoms with E-state index in [0.29, 0.717) is 6.54 Å². The van der Waals surface area contributed by atoms with E-state index in [1.807, 2.05) is 13.8 Å². The van der Waals surface area contributed by atoms with Gasteiger partial charge in [0.1, 0.15) is 6.54 Å². The molecule has 1 aromatic rings. The van der Waals surface area contributed by atoms with Gasteiger partial charge in [-0.05, 0) is 18.1 Å². The van der Waals surface area contributed by atoms with Crippen LogP contribution in [0, 0.1) is 5.92 Å². The maximum Gasteiger partial charge on any atom is 0.323 e. The van der Waals surface area contributed by atoms with Crippen LogP contribution in [0.25, 0.3) is 0 Å². The number of carboxylic acids is 1. The molecule has 0 atom stereocenters. The average Bonchev–Trinajstić information content (AvgIpc) is 2.89. The zero-order valence-electron chi connectivity index (χ0n) is 12.4. The molecule has 0 saturated heterocycles. The van der Waals surface area contributed by atoms with Crippen LogP contribution in [0.2, 0.25) is 0 Å². The normalized spacial score (nSPS) is 10.5. The zero-order valence-corrected chi connectivity index (χ0v) is 12.4. The molecule has 0 aliphatic rings. The van der Waals surface area contributed by atoms with Gasteiger partial charge in [0.2, 0.25) is 5.91 Å². The Morgan fingerprint density at radius 3 is 2.43 bits per heavy atom. The number of amides is 2. The van der Waals surface area contributed by atoms with Crippen LogP contribution in [0.5, 0.6) is 0 Å². The van der Waals surface area contributed by atoms with Gasteiger partial charge in [0, 0.05) is 13.6 Å². The van der Waals surface area contributed by atoms with Crippen molar-refractivity contribution in [1.29, 1.82) is 0 Å². The smallest absolute Gasteiger partial charge is 0.323 e. The van der Waals surface area contributed by atoms with Crippen LogP contribution in [-0.2, 0) is 9.59 Å². The molecule has 0 saturated carbocycles. The molecule has 1 aromatic heterocycles. The Kier molecular flexibility index (Phi) is 5.95. The molecule has 0 aliphatic heterocycles. The molecule has 2 amide bonds. The first kappa shape index (κ1) is 16.7. The van der Waals surface area contributed by atoms with E-state index in [2.05, 4.69) is 0 Å². The van der Waals surface area contributed by atoms with Gasteiger partial charge in [0.15, 0.2) is 5.76 Å². The van der Waals surface area contributed by atoms with Crippen LogP contribution < -0.4 is 0 Å². The lowest BCUT2D eigenvalue weighted by molar-refractivity contribution is -0.145. The number of carboxylic acid groups (broad SMARTS) is 1. The lowest BCUT2D eigenvalue weighted by Gasteiger charge is -2.25. The summed E-state index contributed by atoms with van der Waals surface area (Å²) in [5, 5.41) is 8.85. The van der Waals surface area contributed by atoms with Crippen LogP contribution in [0.4, 0.5) is 0 Å². The van der Waals surface area contributed by atoms with Crippen LogP contribution >= 0.6 is 0 Å². The SMILES string of the molecule is CC(C)CN(CC(=O)O)C(=O)CN(C)C(=O)c1ccco1. The van der Waals surface area contributed by atoms with E-state index < -0.39 is 17.8 Å². The van der Waals surface area contributed by atoms with Crippen LogP contribution in [0.15, 0.2) is 22.8 Å². The third-order valence-electron chi connectivity index (χ3n) is 2.72. The van der Waals surface area contributed by atoms with Gasteiger partial charge in [-0.15, -0.1) is 0 Å². The van der Waals surface area contributed by atoms with Crippen molar-refractivity contribution in [2.45, 2.75) is 13.8 Å². The fourth-order valence-electron chi connectivity index (χ4n) is 1.82. The predicted molar refractivity (Wildman–Crippen MR) is 74.7 cm³/mol. The van der Waals surface area contributed by atoms with E-state index >= 15 is 0 Å². The van der Waals surface area contributed by atoms with Crippen LogP contribution in [0.1, 0.15) is 24.4 Å². The second kappa shape index (κ2) is 7.47. The van der Waals surface area contributed by atoms with Gasteiger partial charge in [0.05, 0.1) is 12.8 Å². The van der Waals surface area contributed by atoms with Crippen molar-refractivity contribution < 1.29 is 23.9 Å². The molecule has 1 rings (SSSR count). The van der Waals surface area contributed by atoms with E-state index in [9.17, 15) is 14.4 Å². The van der Waals surface area contributed by atoms with Gasteiger partial charge in [-0.1, -0.05) is 13.8 Å². The molecule has 0 fully saturated rings. The molecule has 0 aromatic carbocycles. The van der Waals surface area contributed by atoms with E-state index in [1.54, 1.807) is 6.07 Å². The molecule has 0 spiro atoms. The molecular formula is C14H20N2O5. The van der Waals surface area contributed by atoms with Crippen molar-refractivity contribution in [3.63, 3.8) is 0 Å². The van der Waals surface area contributed by atoms with Crippen molar-refractivity contribution in [1.82, 2.24) is 9.80 Å². The van der Waals surface area contributed by atoms with Crippen molar-refractivity contribution in [3.05, 3.63) is 24.2 Å². The maximum absolute atomic E-state index is 12.1. The monoisotopic (exact) mass is 296 g/mol. The number of aliphatic carboxylic acids is 1. The molecule has 0 unspecified atom stereocenters. The van der Waals surface area contributed by atoms with E-state index in [4.69, 9.17) is 9.52 Å². The summed E-state index contributed by atoms with van der Waals surface area (Å²) >= 11 is 0. The number of rotatable bonds is 7. The highest BCUT2D eigenvalue weighted by Crippen LogP contribution is 2.06. The van der Waals surface area contributed by atoms with Crippen molar-refractivity contribution in [3.8, 4) is 0 Å². The standard InChI is InChI=1S/C14H20N2O5/c1-10(2)7-16(9-13(18)19)12(17)8-15(3)14(20)11-5-4-6-21-11/h4-6,10H,7-9H2,1-3H3,(H,18,19). The molecule has 7 nitrogen and oxygen atoms in total. The van der Waals surface area contributed by atoms with Crippen molar-refractivity contribution >= 4 is 17.8 Å². The second-order valence-electron chi connectivity index (χ2n) is 5.20. The molecule has 7 heteroatoms. The first-order valence-corrected chi connectivity index (χ1v) is 6.59. The Morgan fingerprint density at radius 1 is 1.29 bits per heavy atom. The topological polar surface area (TPSA) is 91.1 Å². The number of nitrogens with zero attached hydrogens (tertiary/aromatic N) is 2. The number of hydrogen-bond acceptors (Lipinski definition) is 4. The van der Waals surface area contributed by atoms with Gasteiger partial charge in [-0.3, -0.25) is 14.4 Å². The number of carbonyl (C=O) groups excluding carboxylic acids is 2. The van der Waals surface area contributed by atoms with Crippen molar-refractivity contribution in [2.24, 2.45) is 5.92 Å². The van der Waals surface area contributed by atoms with Gasteiger partial charge in [0.25, 0.3) is 5.91 Å². The molecule has 0 aliphatic carbocycles. The van der Waals surface area contributed by atoms with Gasteiger partial charge in [-0.2, -0.15) is 0 Å². The minimum absolute atomic E-state index is 0.138. The van der Waals surface area contributed by atoms with Crippen molar-refractivity contribution in [2.75, 3.05) is 26.7 Å². The Labute approximate surface area is 123 Å². The summed E-state index contributed by atoms with van der Waals surface area (Å²) in [6.45, 7) is 3.53. The van der Waals surface area contributed by atoms with Gasteiger partial charge in [-0.25, -0.2) is 0 Å². The fourth-order valence-corrected chi connectivity index (χ4v) is 1.82. The van der Waals surface area contributed by atoms with Crippen LogP contribution in [0.3, 0.4) is 0 Å². The summed E-state index contributed by atoms with van der Waals surface area (Å²) in [5.74, 6) is -1.64. The summed E-state index contributed by atoms with van der Waals surface area (Å²) in [6.07, 6.45) is 1.37. The maximum atomic E-state index is 12.1. The predicted octanol–water partition coefficient (Wildman–Crippen LogP) is 0.921. The lowest BCUT2D eigenvalue weighted by Crippen LogP contribution is -2.44. The van der Waals surface area contributed by atoms with Gasteiger partial charge >= 0.3 is 5.97 Å². The summed E-state index contributed by atoms with van der Waals surface area (Å²) in [6, 6.07) is 3.09.